The zero-order valence-electron chi connectivity index (χ0n) is 14.1. The molecule has 1 aromatic rings. The molecule has 0 aliphatic carbocycles. The zero-order chi connectivity index (χ0) is 18.1. The summed E-state index contributed by atoms with van der Waals surface area (Å²) in [7, 11) is 0. The highest BCUT2D eigenvalue weighted by Crippen LogP contribution is 2.14. The van der Waals surface area contributed by atoms with Crippen LogP contribution in [0, 0.1) is 0 Å². The maximum Gasteiger partial charge on any atom is 0.328 e. The summed E-state index contributed by atoms with van der Waals surface area (Å²) in [6.07, 6.45) is 1.80. The molecule has 0 aliphatic rings. The molecule has 2 atom stereocenters. The summed E-state index contributed by atoms with van der Waals surface area (Å²) in [5.41, 5.74) is 0.268. The first kappa shape index (κ1) is 20.0. The molecular formula is C17H23ClN2O4. The third-order valence-corrected chi connectivity index (χ3v) is 3.62. The summed E-state index contributed by atoms with van der Waals surface area (Å²) in [6, 6.07) is 5.65. The van der Waals surface area contributed by atoms with Gasteiger partial charge in [-0.2, -0.15) is 0 Å². The van der Waals surface area contributed by atoms with Crippen LogP contribution in [0.3, 0.4) is 0 Å². The average Bonchev–Trinajstić information content (AvgIpc) is 2.52. The number of benzene rings is 1. The number of carbonyl (C=O) groups excluding carboxylic acids is 3. The second-order valence-corrected chi connectivity index (χ2v) is 5.95. The van der Waals surface area contributed by atoms with Crippen molar-refractivity contribution in [2.24, 2.45) is 0 Å². The number of ether oxygens (including phenoxy) is 1. The monoisotopic (exact) mass is 354 g/mol. The topological polar surface area (TPSA) is 84.5 Å². The fourth-order valence-corrected chi connectivity index (χ4v) is 2.28. The van der Waals surface area contributed by atoms with Crippen LogP contribution in [0.25, 0.3) is 0 Å². The molecule has 7 heteroatoms. The molecular weight excluding hydrogens is 332 g/mol. The highest BCUT2D eigenvalue weighted by molar-refractivity contribution is 6.33. The Balaban J connectivity index is 2.44. The molecule has 0 aliphatic heterocycles. The van der Waals surface area contributed by atoms with Crippen molar-refractivity contribution < 1.29 is 19.1 Å². The molecule has 0 spiro atoms. The first-order valence-electron chi connectivity index (χ1n) is 7.86. The van der Waals surface area contributed by atoms with Gasteiger partial charge in [0.25, 0.3) is 11.8 Å². The van der Waals surface area contributed by atoms with Crippen LogP contribution in [-0.4, -0.2) is 36.5 Å². The normalized spacial score (nSPS) is 12.8. The lowest BCUT2D eigenvalue weighted by molar-refractivity contribution is -0.150. The highest BCUT2D eigenvalue weighted by atomic mass is 35.5. The fourth-order valence-electron chi connectivity index (χ4n) is 2.06. The van der Waals surface area contributed by atoms with E-state index < -0.39 is 17.9 Å². The number of hydrogen-bond donors (Lipinski definition) is 2. The van der Waals surface area contributed by atoms with Crippen LogP contribution < -0.4 is 10.6 Å². The van der Waals surface area contributed by atoms with Crippen molar-refractivity contribution in [2.75, 3.05) is 6.61 Å². The number of esters is 1. The lowest BCUT2D eigenvalue weighted by Gasteiger charge is -2.15. The molecule has 0 saturated heterocycles. The lowest BCUT2D eigenvalue weighted by Crippen LogP contribution is -2.42. The molecule has 0 heterocycles. The number of amides is 2. The van der Waals surface area contributed by atoms with Gasteiger partial charge in [0, 0.05) is 6.04 Å². The Bertz CT molecular complexity index is 592. The maximum absolute atomic E-state index is 12.1. The van der Waals surface area contributed by atoms with Gasteiger partial charge in [-0.05, 0) is 32.4 Å². The van der Waals surface area contributed by atoms with Gasteiger partial charge in [0.1, 0.15) is 6.04 Å². The first-order chi connectivity index (χ1) is 11.3. The van der Waals surface area contributed by atoms with E-state index >= 15 is 0 Å². The van der Waals surface area contributed by atoms with Gasteiger partial charge >= 0.3 is 5.97 Å². The number of rotatable bonds is 8. The van der Waals surface area contributed by atoms with E-state index in [9.17, 15) is 14.4 Å². The van der Waals surface area contributed by atoms with Crippen molar-refractivity contribution >= 4 is 29.4 Å². The molecule has 132 valence electrons. The fraction of sp³-hybridized carbons (Fsp3) is 0.471. The van der Waals surface area contributed by atoms with E-state index in [0.717, 1.165) is 12.8 Å². The second-order valence-electron chi connectivity index (χ2n) is 5.54. The quantitative estimate of drug-likeness (QED) is 0.701. The van der Waals surface area contributed by atoms with Crippen LogP contribution >= 0.6 is 11.6 Å². The van der Waals surface area contributed by atoms with Gasteiger partial charge in [-0.3, -0.25) is 9.59 Å². The minimum absolute atomic E-state index is 0.0264. The standard InChI is InChI=1S/C17H23ClN2O4/c1-4-7-11(2)19-15(21)10-24-17(23)12(3)20-16(22)13-8-5-6-9-14(13)18/h5-6,8-9,11-12H,4,7,10H2,1-3H3,(H,19,21)(H,20,22)/t11-,12+/m1/s1. The molecule has 1 aromatic carbocycles. The number of nitrogens with one attached hydrogen (secondary N) is 2. The molecule has 0 aromatic heterocycles. The van der Waals surface area contributed by atoms with Crippen molar-refractivity contribution in [1.29, 1.82) is 0 Å². The van der Waals surface area contributed by atoms with Crippen LogP contribution in [0.1, 0.15) is 44.0 Å². The van der Waals surface area contributed by atoms with Crippen LogP contribution in [-0.2, 0) is 14.3 Å². The summed E-state index contributed by atoms with van der Waals surface area (Å²) >= 11 is 5.93. The van der Waals surface area contributed by atoms with E-state index in [1.165, 1.54) is 6.92 Å². The van der Waals surface area contributed by atoms with Crippen molar-refractivity contribution in [3.05, 3.63) is 34.9 Å². The molecule has 0 bridgehead atoms. The largest absolute Gasteiger partial charge is 0.454 e. The van der Waals surface area contributed by atoms with Crippen LogP contribution in [0.15, 0.2) is 24.3 Å². The van der Waals surface area contributed by atoms with Crippen molar-refractivity contribution in [1.82, 2.24) is 10.6 Å². The van der Waals surface area contributed by atoms with Crippen molar-refractivity contribution in [2.45, 2.75) is 45.7 Å². The Morgan fingerprint density at radius 3 is 2.46 bits per heavy atom. The van der Waals surface area contributed by atoms with Crippen molar-refractivity contribution in [3.8, 4) is 0 Å². The minimum Gasteiger partial charge on any atom is -0.454 e. The molecule has 24 heavy (non-hydrogen) atoms. The summed E-state index contributed by atoms with van der Waals surface area (Å²) in [5, 5.41) is 5.51. The number of halogens is 1. The summed E-state index contributed by atoms with van der Waals surface area (Å²) in [6.45, 7) is 5.01. The number of hydrogen-bond acceptors (Lipinski definition) is 4. The summed E-state index contributed by atoms with van der Waals surface area (Å²) < 4.78 is 4.91. The summed E-state index contributed by atoms with van der Waals surface area (Å²) in [5.74, 6) is -1.53. The molecule has 0 fully saturated rings. The van der Waals surface area contributed by atoms with E-state index in [4.69, 9.17) is 16.3 Å². The lowest BCUT2D eigenvalue weighted by atomic mass is 10.2. The predicted octanol–water partition coefficient (Wildman–Crippen LogP) is 2.31. The first-order valence-corrected chi connectivity index (χ1v) is 8.24. The van der Waals surface area contributed by atoms with E-state index in [-0.39, 0.29) is 24.1 Å². The smallest absolute Gasteiger partial charge is 0.328 e. The second kappa shape index (κ2) is 9.93. The third kappa shape index (κ3) is 6.58. The molecule has 0 saturated carbocycles. The Labute approximate surface area is 146 Å². The van der Waals surface area contributed by atoms with E-state index in [0.29, 0.717) is 5.02 Å². The highest BCUT2D eigenvalue weighted by Gasteiger charge is 2.20. The Hall–Kier alpha value is -2.08. The van der Waals surface area contributed by atoms with E-state index in [1.807, 2.05) is 13.8 Å². The molecule has 2 N–H and O–H groups in total. The molecule has 1 rings (SSSR count). The van der Waals surface area contributed by atoms with Gasteiger partial charge in [0.05, 0.1) is 10.6 Å². The number of carbonyl (C=O) groups is 3. The zero-order valence-corrected chi connectivity index (χ0v) is 14.9. The van der Waals surface area contributed by atoms with E-state index in [1.54, 1.807) is 24.3 Å². The molecule has 0 unspecified atom stereocenters. The van der Waals surface area contributed by atoms with Crippen LogP contribution in [0.2, 0.25) is 5.02 Å². The predicted molar refractivity (Wildman–Crippen MR) is 91.9 cm³/mol. The van der Waals surface area contributed by atoms with Gasteiger partial charge in [-0.25, -0.2) is 4.79 Å². The van der Waals surface area contributed by atoms with E-state index in [2.05, 4.69) is 10.6 Å². The van der Waals surface area contributed by atoms with Gasteiger partial charge in [0.15, 0.2) is 6.61 Å². The van der Waals surface area contributed by atoms with Crippen molar-refractivity contribution in [3.63, 3.8) is 0 Å². The summed E-state index contributed by atoms with van der Waals surface area (Å²) in [4.78, 5) is 35.6. The molecule has 0 radical (unpaired) electrons. The average molecular weight is 355 g/mol. The molecule has 6 nitrogen and oxygen atoms in total. The van der Waals surface area contributed by atoms with Gasteiger partial charge < -0.3 is 15.4 Å². The third-order valence-electron chi connectivity index (χ3n) is 3.29. The van der Waals surface area contributed by atoms with Gasteiger partial charge in [-0.15, -0.1) is 0 Å². The SMILES string of the molecule is CCC[C@@H](C)NC(=O)COC(=O)[C@H](C)NC(=O)c1ccccc1Cl. The molecule has 2 amide bonds. The van der Waals surface area contributed by atoms with Crippen LogP contribution in [0.5, 0.6) is 0 Å². The minimum atomic E-state index is -0.894. The van der Waals surface area contributed by atoms with Crippen LogP contribution in [0.4, 0.5) is 0 Å². The maximum atomic E-state index is 12.1. The Kier molecular flexibility index (Phi) is 8.26. The Morgan fingerprint density at radius 1 is 1.17 bits per heavy atom. The van der Waals surface area contributed by atoms with Gasteiger partial charge in [0.2, 0.25) is 0 Å². The Morgan fingerprint density at radius 2 is 1.83 bits per heavy atom. The van der Waals surface area contributed by atoms with Gasteiger partial charge in [-0.1, -0.05) is 37.1 Å².